The molecule has 1 aromatic carbocycles. The molecule has 0 radical (unpaired) electrons. The van der Waals surface area contributed by atoms with Gasteiger partial charge in [0.2, 0.25) is 0 Å². The number of anilines is 1. The number of methoxy groups -OCH3 is 1. The number of rotatable bonds is 4. The van der Waals surface area contributed by atoms with Crippen molar-refractivity contribution < 1.29 is 19.4 Å². The number of nitrogens with one attached hydrogen (secondary N) is 1. The molecule has 0 spiro atoms. The second-order valence-corrected chi connectivity index (χ2v) is 6.95. The highest BCUT2D eigenvalue weighted by molar-refractivity contribution is 7.18. The van der Waals surface area contributed by atoms with Crippen molar-refractivity contribution in [3.8, 4) is 10.4 Å². The molecule has 7 heteroatoms. The highest BCUT2D eigenvalue weighted by Crippen LogP contribution is 2.36. The van der Waals surface area contributed by atoms with Gasteiger partial charge < -0.3 is 20.1 Å². The quantitative estimate of drug-likeness (QED) is 0.812. The van der Waals surface area contributed by atoms with E-state index in [0.717, 1.165) is 16.1 Å². The number of thiophene rings is 1. The molecule has 1 aliphatic heterocycles. The molecule has 3 rings (SSSR count). The van der Waals surface area contributed by atoms with Crippen LogP contribution in [0.15, 0.2) is 36.4 Å². The summed E-state index contributed by atoms with van der Waals surface area (Å²) < 4.78 is 4.91. The Balaban J connectivity index is 1.79. The number of amides is 1. The Bertz CT molecular complexity index is 752. The lowest BCUT2D eigenvalue weighted by atomic mass is 10.0. The van der Waals surface area contributed by atoms with Crippen molar-refractivity contribution >= 4 is 29.1 Å². The lowest BCUT2D eigenvalue weighted by Gasteiger charge is -2.30. The molecule has 0 unspecified atom stereocenters. The van der Waals surface area contributed by atoms with Crippen LogP contribution in [0.5, 0.6) is 0 Å². The van der Waals surface area contributed by atoms with Crippen LogP contribution >= 0.6 is 11.3 Å². The van der Waals surface area contributed by atoms with Gasteiger partial charge in [-0.25, -0.2) is 9.59 Å². The van der Waals surface area contributed by atoms with Crippen LogP contribution in [0.2, 0.25) is 0 Å². The maximum atomic E-state index is 12.1. The van der Waals surface area contributed by atoms with Gasteiger partial charge in [0.15, 0.2) is 0 Å². The van der Waals surface area contributed by atoms with Crippen molar-refractivity contribution in [2.24, 2.45) is 0 Å². The van der Waals surface area contributed by atoms with Gasteiger partial charge >= 0.3 is 12.1 Å². The minimum Gasteiger partial charge on any atom is -0.465 e. The molecule has 6 nitrogen and oxygen atoms in total. The fourth-order valence-corrected chi connectivity index (χ4v) is 3.97. The topological polar surface area (TPSA) is 78.9 Å². The van der Waals surface area contributed by atoms with E-state index < -0.39 is 6.09 Å². The van der Waals surface area contributed by atoms with Gasteiger partial charge in [-0.2, -0.15) is 0 Å². The molecular formula is C18H20N2O4S. The van der Waals surface area contributed by atoms with Gasteiger partial charge in [0, 0.05) is 24.0 Å². The van der Waals surface area contributed by atoms with Crippen LogP contribution in [0.25, 0.3) is 10.4 Å². The first-order valence-corrected chi connectivity index (χ1v) is 8.92. The number of nitrogens with zero attached hydrogens (tertiary/aromatic N) is 1. The number of benzene rings is 1. The van der Waals surface area contributed by atoms with Crippen molar-refractivity contribution in [3.05, 3.63) is 41.3 Å². The predicted octanol–water partition coefficient (Wildman–Crippen LogP) is 3.76. The monoisotopic (exact) mass is 360 g/mol. The first-order chi connectivity index (χ1) is 12.1. The fraction of sp³-hybridized carbons (Fsp3) is 0.333. The normalized spacial score (nSPS) is 15.0. The Labute approximate surface area is 150 Å². The first-order valence-electron chi connectivity index (χ1n) is 8.10. The van der Waals surface area contributed by atoms with E-state index in [1.165, 1.54) is 23.3 Å². The maximum Gasteiger partial charge on any atom is 0.407 e. The summed E-state index contributed by atoms with van der Waals surface area (Å²) in [6, 6.07) is 12.0. The number of carboxylic acid groups (broad SMARTS) is 1. The number of carbonyl (C=O) groups is 2. The third-order valence-corrected chi connectivity index (χ3v) is 5.45. The zero-order valence-corrected chi connectivity index (χ0v) is 14.7. The third-order valence-electron chi connectivity index (χ3n) is 4.29. The lowest BCUT2D eigenvalue weighted by Crippen LogP contribution is -2.41. The van der Waals surface area contributed by atoms with Crippen LogP contribution in [0.3, 0.4) is 0 Å². The summed E-state index contributed by atoms with van der Waals surface area (Å²) in [4.78, 5) is 26.1. The number of carbonyl (C=O) groups excluding carboxylic acids is 1. The van der Waals surface area contributed by atoms with Gasteiger partial charge in [-0.05, 0) is 24.5 Å². The Kier molecular flexibility index (Phi) is 5.23. The molecule has 1 aliphatic rings. The van der Waals surface area contributed by atoms with Crippen molar-refractivity contribution in [1.82, 2.24) is 4.90 Å². The molecule has 0 saturated carbocycles. The number of piperidine rings is 1. The maximum absolute atomic E-state index is 12.1. The molecule has 1 aromatic heterocycles. The summed E-state index contributed by atoms with van der Waals surface area (Å²) in [5, 5.41) is 12.4. The summed E-state index contributed by atoms with van der Waals surface area (Å²) in [6.07, 6.45) is 0.544. The summed E-state index contributed by atoms with van der Waals surface area (Å²) >= 11 is 1.40. The van der Waals surface area contributed by atoms with Crippen molar-refractivity contribution in [1.29, 1.82) is 0 Å². The van der Waals surface area contributed by atoms with Crippen LogP contribution in [-0.2, 0) is 4.74 Å². The average Bonchev–Trinajstić information content (AvgIpc) is 3.06. The molecule has 2 N–H and O–H groups in total. The van der Waals surface area contributed by atoms with Crippen LogP contribution < -0.4 is 5.32 Å². The van der Waals surface area contributed by atoms with E-state index in [2.05, 4.69) is 5.32 Å². The molecule has 1 amide bonds. The molecule has 2 heterocycles. The Hall–Kier alpha value is -2.54. The highest BCUT2D eigenvalue weighted by atomic mass is 32.1. The van der Waals surface area contributed by atoms with Gasteiger partial charge in [0.05, 0.1) is 12.8 Å². The van der Waals surface area contributed by atoms with Gasteiger partial charge in [0.1, 0.15) is 4.88 Å². The van der Waals surface area contributed by atoms with Crippen molar-refractivity contribution in [2.75, 3.05) is 25.5 Å². The van der Waals surface area contributed by atoms with Crippen LogP contribution in [0.1, 0.15) is 22.5 Å². The standard InChI is InChI=1S/C18H20N2O4S/c1-24-17(21)16-14(11-15(25-16)12-5-3-2-4-6-12)19-13-7-9-20(10-8-13)18(22)23/h2-6,11,13,19H,7-10H2,1H3,(H,22,23). The van der Waals surface area contributed by atoms with Crippen LogP contribution in [0, 0.1) is 0 Å². The van der Waals surface area contributed by atoms with Gasteiger partial charge in [0.25, 0.3) is 0 Å². The lowest BCUT2D eigenvalue weighted by molar-refractivity contribution is 0.0607. The van der Waals surface area contributed by atoms with Gasteiger partial charge in [-0.1, -0.05) is 30.3 Å². The van der Waals surface area contributed by atoms with Crippen LogP contribution in [-0.4, -0.2) is 48.3 Å². The van der Waals surface area contributed by atoms with E-state index in [-0.39, 0.29) is 12.0 Å². The number of esters is 1. The smallest absolute Gasteiger partial charge is 0.407 e. The summed E-state index contributed by atoms with van der Waals surface area (Å²) in [7, 11) is 1.37. The molecule has 0 aliphatic carbocycles. The van der Waals surface area contributed by atoms with Crippen LogP contribution in [0.4, 0.5) is 10.5 Å². The molecule has 1 fully saturated rings. The van der Waals surface area contributed by atoms with E-state index in [1.54, 1.807) is 0 Å². The number of hydrogen-bond donors (Lipinski definition) is 2. The van der Waals surface area contributed by atoms with E-state index in [1.807, 2.05) is 36.4 Å². The number of hydrogen-bond acceptors (Lipinski definition) is 5. The van der Waals surface area contributed by atoms with E-state index in [0.29, 0.717) is 30.8 Å². The van der Waals surface area contributed by atoms with E-state index >= 15 is 0 Å². The Morgan fingerprint density at radius 3 is 2.52 bits per heavy atom. The van der Waals surface area contributed by atoms with Gasteiger partial charge in [-0.3, -0.25) is 0 Å². The molecule has 132 valence electrons. The average molecular weight is 360 g/mol. The second-order valence-electron chi connectivity index (χ2n) is 5.90. The van der Waals surface area contributed by atoms with Gasteiger partial charge in [-0.15, -0.1) is 11.3 Å². The third kappa shape index (κ3) is 3.93. The highest BCUT2D eigenvalue weighted by Gasteiger charge is 2.25. The van der Waals surface area contributed by atoms with E-state index in [9.17, 15) is 9.59 Å². The minimum absolute atomic E-state index is 0.136. The Morgan fingerprint density at radius 1 is 1.24 bits per heavy atom. The molecule has 0 atom stereocenters. The number of ether oxygens (including phenoxy) is 1. The predicted molar refractivity (Wildman–Crippen MR) is 97.3 cm³/mol. The zero-order valence-electron chi connectivity index (χ0n) is 13.9. The minimum atomic E-state index is -0.879. The molecule has 25 heavy (non-hydrogen) atoms. The van der Waals surface area contributed by atoms with Crippen molar-refractivity contribution in [2.45, 2.75) is 18.9 Å². The van der Waals surface area contributed by atoms with Crippen molar-refractivity contribution in [3.63, 3.8) is 0 Å². The summed E-state index contributed by atoms with van der Waals surface area (Å²) in [6.45, 7) is 0.993. The molecule has 2 aromatic rings. The van der Waals surface area contributed by atoms with E-state index in [4.69, 9.17) is 9.84 Å². The SMILES string of the molecule is COC(=O)c1sc(-c2ccccc2)cc1NC1CCN(C(=O)O)CC1. The summed E-state index contributed by atoms with van der Waals surface area (Å²) in [5.74, 6) is -0.363. The largest absolute Gasteiger partial charge is 0.465 e. The zero-order chi connectivity index (χ0) is 17.8. The molecule has 0 bridgehead atoms. The Morgan fingerprint density at radius 2 is 1.92 bits per heavy atom. The second kappa shape index (κ2) is 7.57. The molecule has 1 saturated heterocycles. The molecular weight excluding hydrogens is 340 g/mol. The fourth-order valence-electron chi connectivity index (χ4n) is 2.92. The first kappa shape index (κ1) is 17.3. The summed E-state index contributed by atoms with van der Waals surface area (Å²) in [5.41, 5.74) is 1.80. The number of likely N-dealkylation sites (tertiary alicyclic amines) is 1.